The molecule has 1 unspecified atom stereocenters. The maximum absolute atomic E-state index is 13.0. The molecule has 0 aliphatic rings. The van der Waals surface area contributed by atoms with Gasteiger partial charge in [-0.15, -0.1) is 0 Å². The van der Waals surface area contributed by atoms with Gasteiger partial charge in [-0.25, -0.2) is 12.8 Å². The van der Waals surface area contributed by atoms with Crippen LogP contribution in [0.3, 0.4) is 0 Å². The highest BCUT2D eigenvalue weighted by molar-refractivity contribution is 7.92. The molecular formula is C17H18ClFN2O4S. The molecule has 1 amide bonds. The van der Waals surface area contributed by atoms with Crippen molar-refractivity contribution >= 4 is 38.9 Å². The van der Waals surface area contributed by atoms with Crippen LogP contribution in [-0.2, 0) is 14.8 Å². The Hall–Kier alpha value is -2.32. The molecule has 1 N–H and O–H groups in total. The zero-order valence-corrected chi connectivity index (χ0v) is 15.9. The summed E-state index contributed by atoms with van der Waals surface area (Å²) in [7, 11) is -2.45. The van der Waals surface area contributed by atoms with Crippen LogP contribution in [0.5, 0.6) is 5.75 Å². The molecule has 26 heavy (non-hydrogen) atoms. The molecule has 2 aromatic carbocycles. The molecule has 0 bridgehead atoms. The number of benzene rings is 2. The van der Waals surface area contributed by atoms with Crippen molar-refractivity contribution < 1.29 is 22.3 Å². The number of sulfonamides is 1. The Kier molecular flexibility index (Phi) is 6.09. The first-order chi connectivity index (χ1) is 12.1. The van der Waals surface area contributed by atoms with Crippen LogP contribution in [0.1, 0.15) is 6.92 Å². The largest absolute Gasteiger partial charge is 0.495 e. The zero-order chi connectivity index (χ0) is 19.5. The lowest BCUT2D eigenvalue weighted by Gasteiger charge is -2.29. The van der Waals surface area contributed by atoms with Gasteiger partial charge < -0.3 is 10.1 Å². The predicted octanol–water partition coefficient (Wildman–Crippen LogP) is 3.28. The standard InChI is InChI=1S/C17H18ClFN2O4S/c1-11(17(22)20-14-7-5-13(19)6-8-14)21(26(3,23)24)15-10-12(18)4-9-16(15)25-2/h4-11H,1-3H3,(H,20,22). The van der Waals surface area contributed by atoms with E-state index in [-0.39, 0.29) is 11.4 Å². The van der Waals surface area contributed by atoms with Crippen molar-refractivity contribution in [3.8, 4) is 5.75 Å². The highest BCUT2D eigenvalue weighted by atomic mass is 35.5. The third-order valence-electron chi connectivity index (χ3n) is 3.58. The van der Waals surface area contributed by atoms with Gasteiger partial charge in [-0.2, -0.15) is 0 Å². The Morgan fingerprint density at radius 2 is 1.85 bits per heavy atom. The second-order valence-electron chi connectivity index (χ2n) is 5.55. The fourth-order valence-electron chi connectivity index (χ4n) is 2.40. The SMILES string of the molecule is COc1ccc(Cl)cc1N(C(C)C(=O)Nc1ccc(F)cc1)S(C)(=O)=O. The smallest absolute Gasteiger partial charge is 0.247 e. The van der Waals surface area contributed by atoms with Crippen molar-refractivity contribution in [2.24, 2.45) is 0 Å². The number of rotatable bonds is 6. The molecule has 6 nitrogen and oxygen atoms in total. The van der Waals surface area contributed by atoms with E-state index >= 15 is 0 Å². The second-order valence-corrected chi connectivity index (χ2v) is 7.84. The van der Waals surface area contributed by atoms with Gasteiger partial charge in [-0.05, 0) is 49.4 Å². The number of hydrogen-bond acceptors (Lipinski definition) is 4. The van der Waals surface area contributed by atoms with Crippen LogP contribution in [0.2, 0.25) is 5.02 Å². The van der Waals surface area contributed by atoms with Crippen LogP contribution >= 0.6 is 11.6 Å². The van der Waals surface area contributed by atoms with Crippen LogP contribution in [-0.4, -0.2) is 33.7 Å². The third-order valence-corrected chi connectivity index (χ3v) is 5.04. The fourth-order valence-corrected chi connectivity index (χ4v) is 3.73. The van der Waals surface area contributed by atoms with E-state index in [2.05, 4.69) is 5.32 Å². The summed E-state index contributed by atoms with van der Waals surface area (Å²) in [5.74, 6) is -0.789. The minimum absolute atomic E-state index is 0.143. The summed E-state index contributed by atoms with van der Waals surface area (Å²) in [4.78, 5) is 12.6. The Balaban J connectivity index is 2.39. The average Bonchev–Trinajstić information content (AvgIpc) is 2.56. The predicted molar refractivity (Wildman–Crippen MR) is 99.8 cm³/mol. The number of nitrogens with one attached hydrogen (secondary N) is 1. The maximum atomic E-state index is 13.0. The van der Waals surface area contributed by atoms with Crippen molar-refractivity contribution in [1.82, 2.24) is 0 Å². The summed E-state index contributed by atoms with van der Waals surface area (Å²) in [6, 6.07) is 8.50. The molecule has 0 saturated heterocycles. The van der Waals surface area contributed by atoms with Crippen LogP contribution in [0.15, 0.2) is 42.5 Å². The van der Waals surface area contributed by atoms with E-state index < -0.39 is 27.8 Å². The number of halogens is 2. The van der Waals surface area contributed by atoms with Gasteiger partial charge in [-0.1, -0.05) is 11.6 Å². The lowest BCUT2D eigenvalue weighted by atomic mass is 10.2. The van der Waals surface area contributed by atoms with Crippen molar-refractivity contribution in [3.05, 3.63) is 53.3 Å². The maximum Gasteiger partial charge on any atom is 0.247 e. The Labute approximate surface area is 156 Å². The summed E-state index contributed by atoms with van der Waals surface area (Å²) in [5, 5.41) is 2.85. The van der Waals surface area contributed by atoms with E-state index in [4.69, 9.17) is 16.3 Å². The van der Waals surface area contributed by atoms with Crippen molar-refractivity contribution in [2.45, 2.75) is 13.0 Å². The molecule has 1 atom stereocenters. The number of amides is 1. The fraction of sp³-hybridized carbons (Fsp3) is 0.235. The van der Waals surface area contributed by atoms with Crippen molar-refractivity contribution in [2.75, 3.05) is 23.0 Å². The number of nitrogens with zero attached hydrogens (tertiary/aromatic N) is 1. The highest BCUT2D eigenvalue weighted by Gasteiger charge is 2.31. The third kappa shape index (κ3) is 4.64. The van der Waals surface area contributed by atoms with E-state index in [0.29, 0.717) is 10.7 Å². The molecule has 0 fully saturated rings. The van der Waals surface area contributed by atoms with Gasteiger partial charge in [0.1, 0.15) is 17.6 Å². The quantitative estimate of drug-likeness (QED) is 0.807. The molecule has 0 aliphatic heterocycles. The molecule has 9 heteroatoms. The summed E-state index contributed by atoms with van der Waals surface area (Å²) in [6.07, 6.45) is 0.981. The molecule has 0 spiro atoms. The minimum atomic E-state index is -3.84. The molecule has 2 rings (SSSR count). The zero-order valence-electron chi connectivity index (χ0n) is 14.4. The average molecular weight is 401 g/mol. The normalized spacial score (nSPS) is 12.3. The molecule has 0 aliphatic carbocycles. The Bertz CT molecular complexity index is 903. The summed E-state index contributed by atoms with van der Waals surface area (Å²) >= 11 is 5.98. The van der Waals surface area contributed by atoms with E-state index in [9.17, 15) is 17.6 Å². The van der Waals surface area contributed by atoms with E-state index in [1.807, 2.05) is 0 Å². The van der Waals surface area contributed by atoms with E-state index in [1.54, 1.807) is 6.07 Å². The van der Waals surface area contributed by atoms with Crippen LogP contribution in [0.4, 0.5) is 15.8 Å². The molecule has 0 heterocycles. The summed E-state index contributed by atoms with van der Waals surface area (Å²) < 4.78 is 43.8. The molecule has 0 aromatic heterocycles. The number of methoxy groups -OCH3 is 1. The number of anilines is 2. The van der Waals surface area contributed by atoms with Gasteiger partial charge in [0.05, 0.1) is 19.1 Å². The van der Waals surface area contributed by atoms with Crippen LogP contribution < -0.4 is 14.4 Å². The van der Waals surface area contributed by atoms with Gasteiger partial charge in [-0.3, -0.25) is 9.10 Å². The Morgan fingerprint density at radius 3 is 2.38 bits per heavy atom. The van der Waals surface area contributed by atoms with Gasteiger partial charge >= 0.3 is 0 Å². The van der Waals surface area contributed by atoms with Crippen molar-refractivity contribution in [3.63, 3.8) is 0 Å². The molecule has 140 valence electrons. The van der Waals surface area contributed by atoms with Crippen molar-refractivity contribution in [1.29, 1.82) is 0 Å². The van der Waals surface area contributed by atoms with Gasteiger partial charge in [0, 0.05) is 10.7 Å². The molecule has 2 aromatic rings. The van der Waals surface area contributed by atoms with E-state index in [1.165, 1.54) is 50.4 Å². The van der Waals surface area contributed by atoms with Crippen LogP contribution in [0, 0.1) is 5.82 Å². The lowest BCUT2D eigenvalue weighted by molar-refractivity contribution is -0.116. The number of carbonyl (C=O) groups is 1. The first-order valence-electron chi connectivity index (χ1n) is 7.53. The van der Waals surface area contributed by atoms with Gasteiger partial charge in [0.2, 0.25) is 15.9 Å². The Morgan fingerprint density at radius 1 is 1.23 bits per heavy atom. The van der Waals surface area contributed by atoms with E-state index in [0.717, 1.165) is 10.6 Å². The summed E-state index contributed by atoms with van der Waals surface area (Å²) in [5.41, 5.74) is 0.485. The molecular weight excluding hydrogens is 383 g/mol. The summed E-state index contributed by atoms with van der Waals surface area (Å²) in [6.45, 7) is 1.43. The first-order valence-corrected chi connectivity index (χ1v) is 9.75. The molecule has 0 saturated carbocycles. The topological polar surface area (TPSA) is 75.7 Å². The highest BCUT2D eigenvalue weighted by Crippen LogP contribution is 2.34. The van der Waals surface area contributed by atoms with Crippen LogP contribution in [0.25, 0.3) is 0 Å². The number of hydrogen-bond donors (Lipinski definition) is 1. The van der Waals surface area contributed by atoms with Gasteiger partial charge in [0.15, 0.2) is 0 Å². The molecule has 0 radical (unpaired) electrons. The minimum Gasteiger partial charge on any atom is -0.495 e. The number of ether oxygens (including phenoxy) is 1. The second kappa shape index (κ2) is 7.92. The lowest BCUT2D eigenvalue weighted by Crippen LogP contribution is -2.45. The first kappa shape index (κ1) is 20.0. The number of carbonyl (C=O) groups excluding carboxylic acids is 1. The monoisotopic (exact) mass is 400 g/mol. The van der Waals surface area contributed by atoms with Gasteiger partial charge in [0.25, 0.3) is 0 Å².